The molecule has 0 atom stereocenters. The van der Waals surface area contributed by atoms with E-state index in [-0.39, 0.29) is 0 Å². The Kier molecular flexibility index (Phi) is 10.4. The van der Waals surface area contributed by atoms with E-state index in [2.05, 4.69) is 50.0 Å². The van der Waals surface area contributed by atoms with Crippen LogP contribution in [-0.2, 0) is 16.0 Å². The summed E-state index contributed by atoms with van der Waals surface area (Å²) >= 11 is 0. The molecule has 9 heteroatoms. The maximum atomic E-state index is 5.57. The number of nitrogens with zero attached hydrogens (tertiary/aromatic N) is 3. The first kappa shape index (κ1) is 24.2. The molecule has 0 amide bonds. The lowest BCUT2D eigenvalue weighted by molar-refractivity contribution is 0.0547. The van der Waals surface area contributed by atoms with Gasteiger partial charge in [0.15, 0.2) is 0 Å². The smallest absolute Gasteiger partial charge is 0.229 e. The molecule has 1 heterocycles. The van der Waals surface area contributed by atoms with Crippen LogP contribution in [-0.4, -0.2) is 60.5 Å². The fraction of sp³-hybridized carbons (Fsp3) is 0.609. The lowest BCUT2D eigenvalue weighted by Crippen LogP contribution is -2.26. The van der Waals surface area contributed by atoms with Gasteiger partial charge in [0, 0.05) is 25.7 Å². The van der Waals surface area contributed by atoms with Gasteiger partial charge in [-0.1, -0.05) is 37.3 Å². The molecule has 1 aliphatic carbocycles. The molecule has 5 N–H and O–H groups in total. The van der Waals surface area contributed by atoms with E-state index in [0.29, 0.717) is 69.9 Å². The van der Waals surface area contributed by atoms with Gasteiger partial charge in [0.05, 0.1) is 26.4 Å². The van der Waals surface area contributed by atoms with Crippen LogP contribution in [0.4, 0.5) is 17.8 Å². The van der Waals surface area contributed by atoms with Crippen LogP contribution in [0, 0.1) is 5.92 Å². The van der Waals surface area contributed by atoms with Crippen molar-refractivity contribution in [2.24, 2.45) is 11.7 Å². The highest BCUT2D eigenvalue weighted by atomic mass is 16.5. The summed E-state index contributed by atoms with van der Waals surface area (Å²) in [6.45, 7) is 6.27. The zero-order valence-corrected chi connectivity index (χ0v) is 19.1. The van der Waals surface area contributed by atoms with Crippen molar-refractivity contribution < 1.29 is 9.47 Å². The van der Waals surface area contributed by atoms with Crippen LogP contribution >= 0.6 is 0 Å². The van der Waals surface area contributed by atoms with Gasteiger partial charge in [0.1, 0.15) is 0 Å². The third kappa shape index (κ3) is 8.94. The predicted molar refractivity (Wildman–Crippen MR) is 128 cm³/mol. The van der Waals surface area contributed by atoms with E-state index in [9.17, 15) is 0 Å². The molecule has 3 rings (SSSR count). The maximum absolute atomic E-state index is 5.57. The standard InChI is InChI=1S/C23H37N7O2/c1-18-7-9-20(10-8-18)27-23-29-21(25-12-14-32-16-15-31-13-11-24)28-22(30-23)26-17-19-5-3-2-4-6-19/h2-6,18,20H,7-17,24H2,1H3,(H3,25,26,27,28,29,30). The molecule has 1 aliphatic rings. The van der Waals surface area contributed by atoms with Crippen molar-refractivity contribution in [3.8, 4) is 0 Å². The number of hydrogen-bond acceptors (Lipinski definition) is 9. The average molecular weight is 444 g/mol. The van der Waals surface area contributed by atoms with Gasteiger partial charge in [0.2, 0.25) is 17.8 Å². The van der Waals surface area contributed by atoms with Crippen LogP contribution in [0.5, 0.6) is 0 Å². The molecule has 1 aromatic carbocycles. The number of nitrogens with one attached hydrogen (secondary N) is 3. The van der Waals surface area contributed by atoms with Gasteiger partial charge in [0.25, 0.3) is 0 Å². The molecule has 9 nitrogen and oxygen atoms in total. The summed E-state index contributed by atoms with van der Waals surface area (Å²) in [5.41, 5.74) is 6.56. The van der Waals surface area contributed by atoms with Crippen LogP contribution in [0.3, 0.4) is 0 Å². The van der Waals surface area contributed by atoms with E-state index in [1.54, 1.807) is 0 Å². The van der Waals surface area contributed by atoms with Crippen molar-refractivity contribution in [1.82, 2.24) is 15.0 Å². The lowest BCUT2D eigenvalue weighted by atomic mass is 9.87. The first-order valence-corrected chi connectivity index (χ1v) is 11.6. The topological polar surface area (TPSA) is 119 Å². The molecular formula is C23H37N7O2. The summed E-state index contributed by atoms with van der Waals surface area (Å²) in [5, 5.41) is 10.1. The van der Waals surface area contributed by atoms with Crippen molar-refractivity contribution in [3.05, 3.63) is 35.9 Å². The van der Waals surface area contributed by atoms with Gasteiger partial charge in [-0.2, -0.15) is 15.0 Å². The van der Waals surface area contributed by atoms with E-state index >= 15 is 0 Å². The van der Waals surface area contributed by atoms with Gasteiger partial charge in [-0.05, 0) is 37.2 Å². The van der Waals surface area contributed by atoms with Crippen molar-refractivity contribution in [2.75, 3.05) is 55.5 Å². The van der Waals surface area contributed by atoms with Crippen molar-refractivity contribution >= 4 is 17.8 Å². The summed E-state index contributed by atoms with van der Waals surface area (Å²) in [4.78, 5) is 13.7. The molecule has 1 aromatic heterocycles. The van der Waals surface area contributed by atoms with Crippen LogP contribution < -0.4 is 21.7 Å². The molecule has 0 spiro atoms. The summed E-state index contributed by atoms with van der Waals surface area (Å²) in [7, 11) is 0. The number of hydrogen-bond donors (Lipinski definition) is 4. The van der Waals surface area contributed by atoms with Gasteiger partial charge >= 0.3 is 0 Å². The minimum absolute atomic E-state index is 0.403. The number of benzene rings is 1. The fourth-order valence-electron chi connectivity index (χ4n) is 3.60. The second-order valence-corrected chi connectivity index (χ2v) is 8.19. The summed E-state index contributed by atoms with van der Waals surface area (Å²) in [5.74, 6) is 2.49. The highest BCUT2D eigenvalue weighted by Crippen LogP contribution is 2.25. The predicted octanol–water partition coefficient (Wildman–Crippen LogP) is 2.88. The molecule has 0 bridgehead atoms. The van der Waals surface area contributed by atoms with E-state index in [4.69, 9.17) is 15.2 Å². The summed E-state index contributed by atoms with van der Waals surface area (Å²) in [6.07, 6.45) is 4.75. The number of anilines is 3. The number of ether oxygens (including phenoxy) is 2. The fourth-order valence-corrected chi connectivity index (χ4v) is 3.60. The molecule has 1 fully saturated rings. The minimum atomic E-state index is 0.403. The van der Waals surface area contributed by atoms with Crippen LogP contribution in [0.25, 0.3) is 0 Å². The van der Waals surface area contributed by atoms with Crippen LogP contribution in [0.15, 0.2) is 30.3 Å². The van der Waals surface area contributed by atoms with Gasteiger partial charge in [-0.25, -0.2) is 0 Å². The molecule has 0 radical (unpaired) electrons. The van der Waals surface area contributed by atoms with Gasteiger partial charge in [-0.15, -0.1) is 0 Å². The Bertz CT molecular complexity index is 770. The zero-order valence-electron chi connectivity index (χ0n) is 19.1. The molecule has 1 saturated carbocycles. The minimum Gasteiger partial charge on any atom is -0.378 e. The van der Waals surface area contributed by atoms with E-state index in [1.807, 2.05) is 18.2 Å². The molecule has 176 valence electrons. The number of rotatable bonds is 14. The molecule has 0 saturated heterocycles. The van der Waals surface area contributed by atoms with E-state index in [1.165, 1.54) is 18.4 Å². The molecule has 32 heavy (non-hydrogen) atoms. The molecule has 0 unspecified atom stereocenters. The summed E-state index contributed by atoms with van der Waals surface area (Å²) < 4.78 is 10.9. The highest BCUT2D eigenvalue weighted by molar-refractivity contribution is 5.43. The SMILES string of the molecule is CC1CCC(Nc2nc(NCCOCCOCCN)nc(NCc3ccccc3)n2)CC1. The van der Waals surface area contributed by atoms with E-state index in [0.717, 1.165) is 18.8 Å². The first-order valence-electron chi connectivity index (χ1n) is 11.6. The van der Waals surface area contributed by atoms with Crippen LogP contribution in [0.2, 0.25) is 0 Å². The Morgan fingerprint density at radius 1 is 0.844 bits per heavy atom. The first-order chi connectivity index (χ1) is 15.7. The Balaban J connectivity index is 1.54. The maximum Gasteiger partial charge on any atom is 0.229 e. The monoisotopic (exact) mass is 443 g/mol. The molecular weight excluding hydrogens is 406 g/mol. The zero-order chi connectivity index (χ0) is 22.4. The average Bonchev–Trinajstić information content (AvgIpc) is 2.82. The normalized spacial score (nSPS) is 18.3. The van der Waals surface area contributed by atoms with Gasteiger partial charge < -0.3 is 31.2 Å². The van der Waals surface area contributed by atoms with Crippen molar-refractivity contribution in [2.45, 2.75) is 45.2 Å². The van der Waals surface area contributed by atoms with E-state index < -0.39 is 0 Å². The molecule has 2 aromatic rings. The largest absolute Gasteiger partial charge is 0.378 e. The van der Waals surface area contributed by atoms with Crippen molar-refractivity contribution in [3.63, 3.8) is 0 Å². The van der Waals surface area contributed by atoms with Gasteiger partial charge in [-0.3, -0.25) is 0 Å². The number of aromatic nitrogens is 3. The van der Waals surface area contributed by atoms with Crippen LogP contribution in [0.1, 0.15) is 38.2 Å². The third-order valence-corrected chi connectivity index (χ3v) is 5.44. The molecule has 0 aliphatic heterocycles. The summed E-state index contributed by atoms with van der Waals surface area (Å²) in [6, 6.07) is 10.6. The Morgan fingerprint density at radius 2 is 1.50 bits per heavy atom. The Morgan fingerprint density at radius 3 is 2.22 bits per heavy atom. The van der Waals surface area contributed by atoms with Crippen molar-refractivity contribution in [1.29, 1.82) is 0 Å². The highest BCUT2D eigenvalue weighted by Gasteiger charge is 2.19. The Labute approximate surface area is 190 Å². The second kappa shape index (κ2) is 13.8. The number of nitrogens with two attached hydrogens (primary N) is 1. The lowest BCUT2D eigenvalue weighted by Gasteiger charge is -2.27. The second-order valence-electron chi connectivity index (χ2n) is 8.19. The third-order valence-electron chi connectivity index (χ3n) is 5.44. The quantitative estimate of drug-likeness (QED) is 0.327. The Hall–Kier alpha value is -2.49.